The lowest BCUT2D eigenvalue weighted by Gasteiger charge is -2.16. The number of halogens is 1. The second-order valence-electron chi connectivity index (χ2n) is 3.80. The molecule has 0 radical (unpaired) electrons. The van der Waals surface area contributed by atoms with Crippen molar-refractivity contribution in [1.29, 1.82) is 0 Å². The predicted molar refractivity (Wildman–Crippen MR) is 69.9 cm³/mol. The van der Waals surface area contributed by atoms with Gasteiger partial charge in [0.25, 0.3) is 0 Å². The number of carbonyl (C=O) groups is 2. The number of hydrogen-bond donors (Lipinski definition) is 1. The number of methoxy groups -OCH3 is 1. The first-order chi connectivity index (χ1) is 9.97. The number of imidazole rings is 1. The van der Waals surface area contributed by atoms with Gasteiger partial charge in [-0.2, -0.15) is 0 Å². The number of alkyl halides is 1. The highest BCUT2D eigenvalue weighted by Crippen LogP contribution is 2.10. The van der Waals surface area contributed by atoms with E-state index < -0.39 is 34.9 Å². The van der Waals surface area contributed by atoms with Crippen LogP contribution in [0.15, 0.2) is 12.4 Å². The third-order valence-corrected chi connectivity index (χ3v) is 2.49. The Morgan fingerprint density at radius 2 is 2.33 bits per heavy atom. The van der Waals surface area contributed by atoms with Crippen LogP contribution in [0.1, 0.15) is 0 Å². The number of imide groups is 1. The Hall–Kier alpha value is -2.20. The van der Waals surface area contributed by atoms with Gasteiger partial charge in [-0.1, -0.05) is 4.98 Å². The van der Waals surface area contributed by atoms with Gasteiger partial charge in [0.05, 0.1) is 6.61 Å². The molecule has 0 saturated heterocycles. The van der Waals surface area contributed by atoms with Crippen molar-refractivity contribution < 1.29 is 24.0 Å². The summed E-state index contributed by atoms with van der Waals surface area (Å²) in [7, 11) is 1.38. The fourth-order valence-electron chi connectivity index (χ4n) is 1.47. The van der Waals surface area contributed by atoms with E-state index in [1.54, 1.807) is 0 Å². The lowest BCUT2D eigenvalue weighted by Crippen LogP contribution is -2.37. The fraction of sp³-hybridized carbons (Fsp3) is 0.500. The molecule has 1 N–H and O–H groups in total. The molecule has 0 aliphatic rings. The number of rotatable bonds is 7. The molecule has 116 valence electrons. The second kappa shape index (κ2) is 8.17. The summed E-state index contributed by atoms with van der Waals surface area (Å²) in [5.41, 5.74) is 0. The number of amides is 2. The number of hydrogen-bond acceptors (Lipinski definition) is 7. The Labute approximate surface area is 124 Å². The molecule has 0 unspecified atom stereocenters. The molecule has 0 fully saturated rings. The molecule has 0 aliphatic heterocycles. The molecule has 21 heavy (non-hydrogen) atoms. The summed E-state index contributed by atoms with van der Waals surface area (Å²) < 4.78 is 11.0. The smallest absolute Gasteiger partial charge is 0.434 e. The Balaban J connectivity index is 2.69. The van der Waals surface area contributed by atoms with E-state index >= 15 is 0 Å². The number of aromatic nitrogens is 2. The summed E-state index contributed by atoms with van der Waals surface area (Å²) in [5, 5.41) is 12.6. The second-order valence-corrected chi connectivity index (χ2v) is 4.07. The van der Waals surface area contributed by atoms with Gasteiger partial charge >= 0.3 is 12.0 Å². The molecule has 0 bridgehead atoms. The molecule has 1 aromatic rings. The molecule has 0 aromatic carbocycles. The predicted octanol–water partition coefficient (Wildman–Crippen LogP) is 0.298. The molecule has 1 atom stereocenters. The van der Waals surface area contributed by atoms with E-state index in [1.165, 1.54) is 24.1 Å². The monoisotopic (exact) mass is 320 g/mol. The van der Waals surface area contributed by atoms with Crippen LogP contribution in [-0.2, 0) is 20.8 Å². The minimum atomic E-state index is -1.01. The van der Waals surface area contributed by atoms with Crippen LogP contribution in [-0.4, -0.2) is 52.2 Å². The maximum atomic E-state index is 11.4. The van der Waals surface area contributed by atoms with Crippen molar-refractivity contribution in [2.24, 2.45) is 0 Å². The van der Waals surface area contributed by atoms with E-state index in [2.05, 4.69) is 4.98 Å². The zero-order valence-corrected chi connectivity index (χ0v) is 11.8. The van der Waals surface area contributed by atoms with Crippen molar-refractivity contribution in [2.45, 2.75) is 12.6 Å². The molecule has 0 spiro atoms. The van der Waals surface area contributed by atoms with Gasteiger partial charge in [-0.3, -0.25) is 10.1 Å². The molecule has 1 heterocycles. The van der Waals surface area contributed by atoms with E-state index in [-0.39, 0.29) is 13.2 Å². The van der Waals surface area contributed by atoms with Crippen LogP contribution in [0, 0.1) is 10.1 Å². The summed E-state index contributed by atoms with van der Waals surface area (Å²) >= 11 is 5.23. The van der Waals surface area contributed by atoms with Crippen molar-refractivity contribution in [3.8, 4) is 0 Å². The number of alkyl carbamates (subject to hydrolysis) is 1. The molecule has 1 aromatic heterocycles. The van der Waals surface area contributed by atoms with Crippen LogP contribution < -0.4 is 5.32 Å². The van der Waals surface area contributed by atoms with Crippen LogP contribution in [0.3, 0.4) is 0 Å². The van der Waals surface area contributed by atoms with Crippen LogP contribution in [0.5, 0.6) is 0 Å². The van der Waals surface area contributed by atoms with E-state index in [0.29, 0.717) is 0 Å². The first-order valence-corrected chi connectivity index (χ1v) is 6.22. The van der Waals surface area contributed by atoms with Gasteiger partial charge in [0, 0.05) is 7.11 Å². The average Bonchev–Trinajstić information content (AvgIpc) is 2.86. The minimum Gasteiger partial charge on any atom is -0.440 e. The molecule has 10 nitrogen and oxygen atoms in total. The highest BCUT2D eigenvalue weighted by atomic mass is 35.5. The van der Waals surface area contributed by atoms with Crippen molar-refractivity contribution in [3.05, 3.63) is 22.5 Å². The summed E-state index contributed by atoms with van der Waals surface area (Å²) in [6.45, 7) is -0.0650. The van der Waals surface area contributed by atoms with Crippen molar-refractivity contribution in [2.75, 3.05) is 19.6 Å². The van der Waals surface area contributed by atoms with E-state index in [4.69, 9.17) is 21.1 Å². The summed E-state index contributed by atoms with van der Waals surface area (Å²) in [6.07, 6.45) is 0.766. The largest absolute Gasteiger partial charge is 0.440 e. The van der Waals surface area contributed by atoms with Crippen molar-refractivity contribution >= 4 is 29.5 Å². The molecular weight excluding hydrogens is 308 g/mol. The summed E-state index contributed by atoms with van der Waals surface area (Å²) in [5.74, 6) is -1.50. The number of nitrogens with one attached hydrogen (secondary N) is 1. The third kappa shape index (κ3) is 5.36. The molecule has 1 rings (SSSR count). The SMILES string of the molecule is COC[C@H](Cn1ccnc1[N+](=O)[O-])OC(=O)NC(=O)CCl. The van der Waals surface area contributed by atoms with Crippen LogP contribution in [0.25, 0.3) is 0 Å². The van der Waals surface area contributed by atoms with Gasteiger partial charge in [-0.15, -0.1) is 11.6 Å². The summed E-state index contributed by atoms with van der Waals surface area (Å²) in [4.78, 5) is 36.0. The van der Waals surface area contributed by atoms with E-state index in [9.17, 15) is 19.7 Å². The van der Waals surface area contributed by atoms with Gasteiger partial charge in [0.15, 0.2) is 6.10 Å². The first kappa shape index (κ1) is 16.9. The van der Waals surface area contributed by atoms with Gasteiger partial charge in [0.1, 0.15) is 24.8 Å². The zero-order valence-electron chi connectivity index (χ0n) is 11.0. The maximum absolute atomic E-state index is 11.4. The number of nitro groups is 1. The van der Waals surface area contributed by atoms with Gasteiger partial charge in [-0.25, -0.2) is 9.36 Å². The van der Waals surface area contributed by atoms with Gasteiger partial charge < -0.3 is 19.6 Å². The molecule has 0 aliphatic carbocycles. The normalized spacial score (nSPS) is 11.7. The van der Waals surface area contributed by atoms with E-state index in [1.807, 2.05) is 5.32 Å². The van der Waals surface area contributed by atoms with Crippen molar-refractivity contribution in [3.63, 3.8) is 0 Å². The van der Waals surface area contributed by atoms with Crippen LogP contribution >= 0.6 is 11.6 Å². The van der Waals surface area contributed by atoms with Crippen molar-refractivity contribution in [1.82, 2.24) is 14.9 Å². The number of ether oxygens (including phenoxy) is 2. The van der Waals surface area contributed by atoms with Crippen LogP contribution in [0.4, 0.5) is 10.7 Å². The first-order valence-electron chi connectivity index (χ1n) is 5.68. The summed E-state index contributed by atoms with van der Waals surface area (Å²) in [6, 6.07) is 0. The molecular formula is C10H13ClN4O6. The van der Waals surface area contributed by atoms with E-state index in [0.717, 1.165) is 0 Å². The highest BCUT2D eigenvalue weighted by molar-refractivity contribution is 6.28. The lowest BCUT2D eigenvalue weighted by atomic mass is 10.3. The fourth-order valence-corrected chi connectivity index (χ4v) is 1.54. The van der Waals surface area contributed by atoms with Gasteiger partial charge in [0.2, 0.25) is 5.91 Å². The topological polar surface area (TPSA) is 126 Å². The molecule has 11 heteroatoms. The Kier molecular flexibility index (Phi) is 6.56. The Morgan fingerprint density at radius 1 is 1.62 bits per heavy atom. The number of nitrogens with zero attached hydrogens (tertiary/aromatic N) is 3. The minimum absolute atomic E-state index is 0.0161. The lowest BCUT2D eigenvalue weighted by molar-refractivity contribution is -0.397. The quantitative estimate of drug-likeness (QED) is 0.435. The molecule has 2 amide bonds. The highest BCUT2D eigenvalue weighted by Gasteiger charge is 2.22. The average molecular weight is 321 g/mol. The zero-order chi connectivity index (χ0) is 15.8. The number of carbonyl (C=O) groups excluding carboxylic acids is 2. The standard InChI is InChI=1S/C10H13ClN4O6/c1-20-6-7(21-10(17)13-8(16)4-11)5-14-3-2-12-9(14)15(18)19/h2-3,7H,4-6H2,1H3,(H,13,16,17)/t7-/m0/s1. The van der Waals surface area contributed by atoms with Crippen LogP contribution in [0.2, 0.25) is 0 Å². The Bertz CT molecular complexity index is 519. The maximum Gasteiger partial charge on any atom is 0.434 e. The molecule has 0 saturated carbocycles. The Morgan fingerprint density at radius 3 is 2.90 bits per heavy atom. The van der Waals surface area contributed by atoms with Gasteiger partial charge in [-0.05, 0) is 4.92 Å². The third-order valence-electron chi connectivity index (χ3n) is 2.25.